The van der Waals surface area contributed by atoms with Crippen LogP contribution in [0.5, 0.6) is 0 Å². The van der Waals surface area contributed by atoms with Gasteiger partial charge in [-0.15, -0.1) is 0 Å². The van der Waals surface area contributed by atoms with E-state index >= 15 is 0 Å². The van der Waals surface area contributed by atoms with Crippen molar-refractivity contribution in [1.82, 2.24) is 9.55 Å². The van der Waals surface area contributed by atoms with Crippen molar-refractivity contribution < 1.29 is 4.79 Å². The van der Waals surface area contributed by atoms with Gasteiger partial charge in [-0.3, -0.25) is 4.79 Å². The second kappa shape index (κ2) is 4.43. The molecule has 1 aromatic rings. The first-order valence-electron chi connectivity index (χ1n) is 5.48. The van der Waals surface area contributed by atoms with Crippen LogP contribution >= 0.6 is 0 Å². The molecule has 80 valence electrons. The summed E-state index contributed by atoms with van der Waals surface area (Å²) in [6.07, 6.45) is 10.1. The summed E-state index contributed by atoms with van der Waals surface area (Å²) in [5, 5.41) is 0. The molecule has 0 aromatic carbocycles. The highest BCUT2D eigenvalue weighted by Crippen LogP contribution is 2.19. The van der Waals surface area contributed by atoms with E-state index in [0.29, 0.717) is 12.2 Å². The van der Waals surface area contributed by atoms with Gasteiger partial charge in [-0.1, -0.05) is 12.2 Å². The van der Waals surface area contributed by atoms with Crippen molar-refractivity contribution in [2.24, 2.45) is 5.92 Å². The maximum absolute atomic E-state index is 11.6. The van der Waals surface area contributed by atoms with Crippen molar-refractivity contribution >= 4 is 5.78 Å². The molecule has 1 heterocycles. The first-order valence-corrected chi connectivity index (χ1v) is 5.48. The molecule has 3 heteroatoms. The largest absolute Gasteiger partial charge is 0.335 e. The van der Waals surface area contributed by atoms with Gasteiger partial charge >= 0.3 is 0 Å². The van der Waals surface area contributed by atoms with Gasteiger partial charge in [-0.25, -0.2) is 4.98 Å². The van der Waals surface area contributed by atoms with Crippen molar-refractivity contribution in [1.29, 1.82) is 0 Å². The van der Waals surface area contributed by atoms with Crippen LogP contribution in [0, 0.1) is 5.92 Å². The lowest BCUT2D eigenvalue weighted by Gasteiger charge is -2.16. The number of hydrogen-bond donors (Lipinski definition) is 0. The molecule has 1 atom stereocenters. The molecular formula is C12H16N2O. The Balaban J connectivity index is 2.08. The number of imidazole rings is 1. The van der Waals surface area contributed by atoms with Crippen LogP contribution in [-0.4, -0.2) is 15.3 Å². The van der Waals surface area contributed by atoms with E-state index in [1.807, 2.05) is 18.6 Å². The van der Waals surface area contributed by atoms with Crippen molar-refractivity contribution in [2.45, 2.75) is 32.7 Å². The lowest BCUT2D eigenvalue weighted by molar-refractivity contribution is -0.122. The molecule has 0 radical (unpaired) electrons. The van der Waals surface area contributed by atoms with Crippen molar-refractivity contribution in [3.8, 4) is 0 Å². The minimum Gasteiger partial charge on any atom is -0.335 e. The predicted octanol–water partition coefficient (Wildman–Crippen LogP) is 1.98. The highest BCUT2D eigenvalue weighted by atomic mass is 16.1. The number of aromatic nitrogens is 2. The maximum Gasteiger partial charge on any atom is 0.140 e. The monoisotopic (exact) mass is 204 g/mol. The molecule has 0 fully saturated rings. The predicted molar refractivity (Wildman–Crippen MR) is 58.5 cm³/mol. The Hall–Kier alpha value is -1.38. The molecule has 0 bridgehead atoms. The van der Waals surface area contributed by atoms with E-state index in [4.69, 9.17) is 0 Å². The number of allylic oxidation sites excluding steroid dienone is 2. The molecule has 1 unspecified atom stereocenters. The number of rotatable bonds is 3. The van der Waals surface area contributed by atoms with Gasteiger partial charge < -0.3 is 4.57 Å². The van der Waals surface area contributed by atoms with E-state index in [-0.39, 0.29) is 5.92 Å². The van der Waals surface area contributed by atoms with E-state index in [1.54, 1.807) is 0 Å². The molecule has 3 nitrogen and oxygen atoms in total. The van der Waals surface area contributed by atoms with Crippen LogP contribution < -0.4 is 0 Å². The Labute approximate surface area is 89.8 Å². The SMILES string of the molecule is CCn1cncc1CC1CC=CCC1=O. The number of nitrogens with zero attached hydrogens (tertiary/aromatic N) is 2. The van der Waals surface area contributed by atoms with Crippen molar-refractivity contribution in [3.63, 3.8) is 0 Å². The lowest BCUT2D eigenvalue weighted by atomic mass is 9.89. The van der Waals surface area contributed by atoms with Crippen molar-refractivity contribution in [3.05, 3.63) is 30.4 Å². The zero-order chi connectivity index (χ0) is 10.7. The summed E-state index contributed by atoms with van der Waals surface area (Å²) in [6, 6.07) is 0. The third kappa shape index (κ3) is 2.17. The Morgan fingerprint density at radius 1 is 1.53 bits per heavy atom. The molecule has 0 amide bonds. The fourth-order valence-electron chi connectivity index (χ4n) is 2.01. The molecule has 1 aliphatic rings. The zero-order valence-electron chi connectivity index (χ0n) is 9.02. The topological polar surface area (TPSA) is 34.9 Å². The molecule has 1 aromatic heterocycles. The number of hydrogen-bond acceptors (Lipinski definition) is 2. The first kappa shape index (κ1) is 10.1. The quantitative estimate of drug-likeness (QED) is 0.706. The maximum atomic E-state index is 11.6. The Morgan fingerprint density at radius 3 is 3.13 bits per heavy atom. The molecular weight excluding hydrogens is 188 g/mol. The van der Waals surface area contributed by atoms with Crippen LogP contribution in [0.1, 0.15) is 25.5 Å². The van der Waals surface area contributed by atoms with Gasteiger partial charge in [0.1, 0.15) is 5.78 Å². The first-order chi connectivity index (χ1) is 7.31. The number of ketones is 1. The minimum absolute atomic E-state index is 0.164. The van der Waals surface area contributed by atoms with Crippen LogP contribution in [0.2, 0.25) is 0 Å². The average molecular weight is 204 g/mol. The third-order valence-electron chi connectivity index (χ3n) is 2.96. The van der Waals surface area contributed by atoms with Crippen LogP contribution in [-0.2, 0) is 17.8 Å². The average Bonchev–Trinajstić information content (AvgIpc) is 2.69. The molecule has 0 saturated heterocycles. The normalized spacial score (nSPS) is 20.9. The number of carbonyl (C=O) groups excluding carboxylic acids is 1. The fourth-order valence-corrected chi connectivity index (χ4v) is 2.01. The number of aryl methyl sites for hydroxylation is 1. The van der Waals surface area contributed by atoms with E-state index in [0.717, 1.165) is 19.4 Å². The number of carbonyl (C=O) groups is 1. The summed E-state index contributed by atoms with van der Waals surface area (Å²) in [6.45, 7) is 3.01. The summed E-state index contributed by atoms with van der Waals surface area (Å²) in [5.74, 6) is 0.526. The molecule has 0 spiro atoms. The molecule has 2 rings (SSSR count). The summed E-state index contributed by atoms with van der Waals surface area (Å²) in [7, 11) is 0. The van der Waals surface area contributed by atoms with Gasteiger partial charge in [0.25, 0.3) is 0 Å². The molecule has 0 aliphatic heterocycles. The van der Waals surface area contributed by atoms with Gasteiger partial charge in [0, 0.05) is 30.8 Å². The van der Waals surface area contributed by atoms with Crippen LogP contribution in [0.15, 0.2) is 24.7 Å². The summed E-state index contributed by atoms with van der Waals surface area (Å²) < 4.78 is 2.10. The van der Waals surface area contributed by atoms with Gasteiger partial charge in [0.15, 0.2) is 0 Å². The van der Waals surface area contributed by atoms with Gasteiger partial charge in [0.2, 0.25) is 0 Å². The lowest BCUT2D eigenvalue weighted by Crippen LogP contribution is -2.19. The Bertz CT molecular complexity index is 379. The van der Waals surface area contributed by atoms with E-state index in [2.05, 4.69) is 22.6 Å². The second-order valence-corrected chi connectivity index (χ2v) is 3.95. The Kier molecular flexibility index (Phi) is 2.99. The number of Topliss-reactive ketones (excluding diaryl/α,β-unsaturated/α-hetero) is 1. The van der Waals surface area contributed by atoms with Gasteiger partial charge in [0.05, 0.1) is 6.33 Å². The van der Waals surface area contributed by atoms with Gasteiger partial charge in [-0.05, 0) is 19.8 Å². The molecule has 0 N–H and O–H groups in total. The highest BCUT2D eigenvalue weighted by Gasteiger charge is 2.20. The molecule has 1 aliphatic carbocycles. The van der Waals surface area contributed by atoms with Crippen LogP contribution in [0.25, 0.3) is 0 Å². The standard InChI is InChI=1S/C12H16N2O/c1-2-14-9-13-8-11(14)7-10-5-3-4-6-12(10)15/h3-4,8-10H,2,5-7H2,1H3. The second-order valence-electron chi connectivity index (χ2n) is 3.95. The van der Waals surface area contributed by atoms with E-state index in [1.165, 1.54) is 5.69 Å². The third-order valence-corrected chi connectivity index (χ3v) is 2.96. The molecule has 0 saturated carbocycles. The minimum atomic E-state index is 0.164. The highest BCUT2D eigenvalue weighted by molar-refractivity contribution is 5.83. The van der Waals surface area contributed by atoms with Crippen LogP contribution in [0.4, 0.5) is 0 Å². The van der Waals surface area contributed by atoms with E-state index in [9.17, 15) is 4.79 Å². The molecule has 15 heavy (non-hydrogen) atoms. The Morgan fingerprint density at radius 2 is 2.40 bits per heavy atom. The fraction of sp³-hybridized carbons (Fsp3) is 0.500. The summed E-state index contributed by atoms with van der Waals surface area (Å²) >= 11 is 0. The summed E-state index contributed by atoms with van der Waals surface area (Å²) in [5.41, 5.74) is 1.17. The van der Waals surface area contributed by atoms with Crippen molar-refractivity contribution in [2.75, 3.05) is 0 Å². The summed E-state index contributed by atoms with van der Waals surface area (Å²) in [4.78, 5) is 15.8. The van der Waals surface area contributed by atoms with Crippen LogP contribution in [0.3, 0.4) is 0 Å². The van der Waals surface area contributed by atoms with E-state index < -0.39 is 0 Å². The zero-order valence-corrected chi connectivity index (χ0v) is 9.02. The smallest absolute Gasteiger partial charge is 0.140 e. The van der Waals surface area contributed by atoms with Gasteiger partial charge in [-0.2, -0.15) is 0 Å².